The van der Waals surface area contributed by atoms with Gasteiger partial charge in [-0.2, -0.15) is 0 Å². The molecule has 1 fully saturated rings. The van der Waals surface area contributed by atoms with Crippen molar-refractivity contribution >= 4 is 46.3 Å². The molecule has 8 heteroatoms. The quantitative estimate of drug-likeness (QED) is 0.627. The molecule has 1 aliphatic heterocycles. The smallest absolute Gasteiger partial charge is 0.259 e. The summed E-state index contributed by atoms with van der Waals surface area (Å²) in [5.74, 6) is 1.14. The lowest BCUT2D eigenvalue weighted by Gasteiger charge is -2.20. The highest BCUT2D eigenvalue weighted by Crippen LogP contribution is 2.31. The third kappa shape index (κ3) is 5.12. The van der Waals surface area contributed by atoms with Crippen molar-refractivity contribution in [1.82, 2.24) is 15.3 Å². The number of nitrogens with one attached hydrogen (secondary N) is 2. The van der Waals surface area contributed by atoms with Gasteiger partial charge in [0, 0.05) is 30.0 Å². The van der Waals surface area contributed by atoms with Crippen molar-refractivity contribution in [2.75, 3.05) is 30.4 Å². The molecule has 1 amide bonds. The van der Waals surface area contributed by atoms with E-state index >= 15 is 0 Å². The minimum Gasteiger partial charge on any atom is -0.329 e. The molecule has 6 nitrogen and oxygen atoms in total. The predicted octanol–water partition coefficient (Wildman–Crippen LogP) is 4.45. The molecule has 1 aromatic carbocycles. The molecule has 0 bridgehead atoms. The summed E-state index contributed by atoms with van der Waals surface area (Å²) in [6, 6.07) is 13.6. The van der Waals surface area contributed by atoms with Gasteiger partial charge >= 0.3 is 0 Å². The van der Waals surface area contributed by atoms with Crippen LogP contribution in [0.25, 0.3) is 0 Å². The second-order valence-corrected chi connectivity index (χ2v) is 7.91. The highest BCUT2D eigenvalue weighted by atomic mass is 35.5. The lowest BCUT2D eigenvalue weighted by Crippen LogP contribution is -2.26. The van der Waals surface area contributed by atoms with E-state index in [2.05, 4.69) is 20.6 Å². The summed E-state index contributed by atoms with van der Waals surface area (Å²) in [6.07, 6.45) is 5.74. The Morgan fingerprint density at radius 2 is 1.86 bits per heavy atom. The third-order valence-electron chi connectivity index (χ3n) is 4.98. The summed E-state index contributed by atoms with van der Waals surface area (Å²) in [4.78, 5) is 24.6. The summed E-state index contributed by atoms with van der Waals surface area (Å²) in [6.45, 7) is 2.08. The fourth-order valence-electron chi connectivity index (χ4n) is 3.31. The summed E-state index contributed by atoms with van der Waals surface area (Å²) >= 11 is 1.57. The van der Waals surface area contributed by atoms with Crippen LogP contribution in [0.4, 0.5) is 16.6 Å². The molecule has 2 N–H and O–H groups in total. The molecule has 1 saturated heterocycles. The SMILES string of the molecule is CN(c1ccccc1)c1ccc(C(=O)Nc2ncc(C3CCNCC3)s2)cn1.Cl. The van der Waals surface area contributed by atoms with Gasteiger partial charge in [0.2, 0.25) is 0 Å². The zero-order valence-corrected chi connectivity index (χ0v) is 17.8. The zero-order valence-electron chi connectivity index (χ0n) is 16.2. The van der Waals surface area contributed by atoms with Gasteiger partial charge in [-0.1, -0.05) is 18.2 Å². The molecule has 29 heavy (non-hydrogen) atoms. The van der Waals surface area contributed by atoms with Gasteiger partial charge in [-0.05, 0) is 56.1 Å². The first-order valence-corrected chi connectivity index (χ1v) is 10.2. The van der Waals surface area contributed by atoms with Crippen LogP contribution in [0.1, 0.15) is 34.0 Å². The van der Waals surface area contributed by atoms with Crippen molar-refractivity contribution < 1.29 is 4.79 Å². The number of rotatable bonds is 5. The first-order valence-electron chi connectivity index (χ1n) is 9.43. The van der Waals surface area contributed by atoms with Crippen molar-refractivity contribution in [2.45, 2.75) is 18.8 Å². The van der Waals surface area contributed by atoms with Gasteiger partial charge in [0.15, 0.2) is 5.13 Å². The van der Waals surface area contributed by atoms with E-state index in [4.69, 9.17) is 0 Å². The largest absolute Gasteiger partial charge is 0.329 e. The molecule has 0 atom stereocenters. The van der Waals surface area contributed by atoms with E-state index in [9.17, 15) is 4.79 Å². The summed E-state index contributed by atoms with van der Waals surface area (Å²) in [5, 5.41) is 6.91. The van der Waals surface area contributed by atoms with Gasteiger partial charge in [-0.15, -0.1) is 23.7 Å². The average molecular weight is 430 g/mol. The maximum absolute atomic E-state index is 12.5. The topological polar surface area (TPSA) is 70.2 Å². The van der Waals surface area contributed by atoms with E-state index in [-0.39, 0.29) is 18.3 Å². The van der Waals surface area contributed by atoms with E-state index in [1.165, 1.54) is 4.88 Å². The number of hydrogen-bond acceptors (Lipinski definition) is 6. The molecule has 4 rings (SSSR count). The Kier molecular flexibility index (Phi) is 7.19. The fourth-order valence-corrected chi connectivity index (χ4v) is 4.29. The molecule has 2 aromatic heterocycles. The van der Waals surface area contributed by atoms with Crippen molar-refractivity contribution in [3.8, 4) is 0 Å². The Hall–Kier alpha value is -2.48. The molecule has 152 valence electrons. The molecular weight excluding hydrogens is 406 g/mol. The van der Waals surface area contributed by atoms with Crippen LogP contribution in [0.3, 0.4) is 0 Å². The number of hydrogen-bond donors (Lipinski definition) is 2. The number of carbonyl (C=O) groups is 1. The normalized spacial score (nSPS) is 14.1. The van der Waals surface area contributed by atoms with E-state index in [0.29, 0.717) is 16.6 Å². The number of aromatic nitrogens is 2. The Labute approximate surface area is 180 Å². The Bertz CT molecular complexity index is 926. The maximum atomic E-state index is 12.5. The van der Waals surface area contributed by atoms with Gasteiger partial charge in [-0.3, -0.25) is 10.1 Å². The van der Waals surface area contributed by atoms with Crippen molar-refractivity contribution in [3.05, 3.63) is 65.3 Å². The highest BCUT2D eigenvalue weighted by molar-refractivity contribution is 7.15. The first-order chi connectivity index (χ1) is 13.7. The Balaban J connectivity index is 0.00000240. The molecule has 3 heterocycles. The number of pyridine rings is 1. The van der Waals surface area contributed by atoms with Crippen LogP contribution in [0, 0.1) is 0 Å². The monoisotopic (exact) mass is 429 g/mol. The van der Waals surface area contributed by atoms with Crippen LogP contribution in [0.15, 0.2) is 54.9 Å². The summed E-state index contributed by atoms with van der Waals surface area (Å²) < 4.78 is 0. The van der Waals surface area contributed by atoms with E-state index in [1.807, 2.05) is 54.5 Å². The minimum absolute atomic E-state index is 0. The minimum atomic E-state index is -0.187. The molecule has 0 unspecified atom stereocenters. The molecule has 0 spiro atoms. The van der Waals surface area contributed by atoms with Crippen LogP contribution in [-0.4, -0.2) is 36.0 Å². The number of para-hydroxylation sites is 1. The number of thiazole rings is 1. The number of piperidine rings is 1. The lowest BCUT2D eigenvalue weighted by atomic mass is 9.97. The molecule has 3 aromatic rings. The summed E-state index contributed by atoms with van der Waals surface area (Å²) in [5.41, 5.74) is 1.56. The number of benzene rings is 1. The Morgan fingerprint density at radius 1 is 1.10 bits per heavy atom. The second-order valence-electron chi connectivity index (χ2n) is 6.85. The number of nitrogens with zero attached hydrogens (tertiary/aromatic N) is 3. The molecule has 1 aliphatic rings. The number of carbonyl (C=O) groups excluding carboxylic acids is 1. The van der Waals surface area contributed by atoms with Crippen molar-refractivity contribution in [2.24, 2.45) is 0 Å². The van der Waals surface area contributed by atoms with Gasteiger partial charge in [-0.25, -0.2) is 9.97 Å². The maximum Gasteiger partial charge on any atom is 0.259 e. The fraction of sp³-hybridized carbons (Fsp3) is 0.286. The van der Waals surface area contributed by atoms with Gasteiger partial charge in [0.25, 0.3) is 5.91 Å². The number of anilines is 3. The van der Waals surface area contributed by atoms with E-state index in [1.54, 1.807) is 23.6 Å². The summed E-state index contributed by atoms with van der Waals surface area (Å²) in [7, 11) is 1.95. The highest BCUT2D eigenvalue weighted by Gasteiger charge is 2.18. The van der Waals surface area contributed by atoms with Crippen LogP contribution < -0.4 is 15.5 Å². The van der Waals surface area contributed by atoms with Crippen molar-refractivity contribution in [3.63, 3.8) is 0 Å². The third-order valence-corrected chi connectivity index (χ3v) is 6.06. The Morgan fingerprint density at radius 3 is 2.55 bits per heavy atom. The van der Waals surface area contributed by atoms with Crippen LogP contribution in [0.2, 0.25) is 0 Å². The number of halogens is 1. The molecule has 0 aliphatic carbocycles. The standard InChI is InChI=1S/C21H23N5OS.ClH/c1-26(17-5-3-2-4-6-17)19-8-7-16(13-23-19)20(27)25-21-24-14-18(28-21)15-9-11-22-12-10-15;/h2-8,13-15,22H,9-12H2,1H3,(H,24,25,27);1H. The van der Waals surface area contributed by atoms with Gasteiger partial charge in [0.05, 0.1) is 5.56 Å². The molecule has 0 radical (unpaired) electrons. The van der Waals surface area contributed by atoms with E-state index in [0.717, 1.165) is 37.4 Å². The second kappa shape index (κ2) is 9.82. The molecule has 0 saturated carbocycles. The number of amides is 1. The molecular formula is C21H24ClN5OS. The first kappa shape index (κ1) is 21.2. The lowest BCUT2D eigenvalue weighted by molar-refractivity contribution is 0.102. The van der Waals surface area contributed by atoms with Crippen LogP contribution in [0.5, 0.6) is 0 Å². The van der Waals surface area contributed by atoms with Gasteiger partial charge in [0.1, 0.15) is 5.82 Å². The average Bonchev–Trinajstić information content (AvgIpc) is 3.23. The predicted molar refractivity (Wildman–Crippen MR) is 121 cm³/mol. The van der Waals surface area contributed by atoms with Crippen molar-refractivity contribution in [1.29, 1.82) is 0 Å². The van der Waals surface area contributed by atoms with Crippen LogP contribution >= 0.6 is 23.7 Å². The zero-order chi connectivity index (χ0) is 19.3. The van der Waals surface area contributed by atoms with E-state index < -0.39 is 0 Å². The van der Waals surface area contributed by atoms with Gasteiger partial charge < -0.3 is 10.2 Å². The van der Waals surface area contributed by atoms with Crippen LogP contribution in [-0.2, 0) is 0 Å².